The Balaban J connectivity index is 1.24. The van der Waals surface area contributed by atoms with Gasteiger partial charge < -0.3 is 47.6 Å². The molecule has 0 unspecified atom stereocenters. The summed E-state index contributed by atoms with van der Waals surface area (Å²) < 4.78 is 44.7. The highest BCUT2D eigenvalue weighted by Gasteiger charge is 2.25. The van der Waals surface area contributed by atoms with E-state index in [1.165, 1.54) is 25.3 Å². The molecule has 1 fully saturated rings. The number of nitrogens with zero attached hydrogens (tertiary/aromatic N) is 2. The Hall–Kier alpha value is -5.63. The van der Waals surface area contributed by atoms with Crippen molar-refractivity contribution in [3.05, 3.63) is 64.3 Å². The highest BCUT2D eigenvalue weighted by Crippen LogP contribution is 2.40. The summed E-state index contributed by atoms with van der Waals surface area (Å²) in [5.74, 6) is 1.47. The lowest BCUT2D eigenvalue weighted by atomic mass is 10.1. The van der Waals surface area contributed by atoms with E-state index >= 15 is 0 Å². The third-order valence-corrected chi connectivity index (χ3v) is 8.26. The minimum atomic E-state index is -0.679. The number of hydrogen-bond acceptors (Lipinski definition) is 13. The van der Waals surface area contributed by atoms with Crippen LogP contribution in [0.4, 0.5) is 0 Å². The van der Waals surface area contributed by atoms with Crippen LogP contribution in [0.15, 0.2) is 57.7 Å². The van der Waals surface area contributed by atoms with Gasteiger partial charge in [0.2, 0.25) is 5.75 Å². The first-order chi connectivity index (χ1) is 24.8. The molecule has 1 N–H and O–H groups in total. The zero-order valence-corrected chi connectivity index (χ0v) is 30.4. The summed E-state index contributed by atoms with van der Waals surface area (Å²) in [4.78, 5) is 42.4. The molecule has 278 valence electrons. The second-order valence-corrected chi connectivity index (χ2v) is 13.0. The Morgan fingerprint density at radius 3 is 2.13 bits per heavy atom. The van der Waals surface area contributed by atoms with Gasteiger partial charge in [-0.05, 0) is 45.0 Å². The van der Waals surface area contributed by atoms with Crippen LogP contribution in [0.25, 0.3) is 22.3 Å². The molecule has 1 amide bonds. The van der Waals surface area contributed by atoms with Gasteiger partial charge in [-0.15, -0.1) is 0 Å². The van der Waals surface area contributed by atoms with Crippen LogP contribution in [0.1, 0.15) is 26.3 Å². The van der Waals surface area contributed by atoms with Crippen LogP contribution < -0.4 is 33.8 Å². The minimum Gasteiger partial charge on any atom is -0.507 e. The number of carbonyl (C=O) groups is 2. The lowest BCUT2D eigenvalue weighted by Crippen LogP contribution is -2.49. The number of benzene rings is 3. The van der Waals surface area contributed by atoms with E-state index in [4.69, 9.17) is 37.6 Å². The Kier molecular flexibility index (Phi) is 11.7. The van der Waals surface area contributed by atoms with E-state index in [2.05, 4.69) is 4.90 Å². The molecule has 5 rings (SSSR count). The summed E-state index contributed by atoms with van der Waals surface area (Å²) >= 11 is 0. The van der Waals surface area contributed by atoms with Gasteiger partial charge in [-0.2, -0.15) is 0 Å². The van der Waals surface area contributed by atoms with Crippen molar-refractivity contribution in [1.29, 1.82) is 0 Å². The molecule has 0 atom stereocenters. The van der Waals surface area contributed by atoms with Gasteiger partial charge in [-0.3, -0.25) is 14.5 Å². The first-order valence-electron chi connectivity index (χ1n) is 16.6. The lowest BCUT2D eigenvalue weighted by Gasteiger charge is -2.35. The van der Waals surface area contributed by atoms with E-state index in [-0.39, 0.29) is 53.1 Å². The molecule has 2 heterocycles. The number of aromatic hydroxyl groups is 1. The number of piperazine rings is 1. The average molecular weight is 721 g/mol. The fourth-order valence-corrected chi connectivity index (χ4v) is 5.84. The number of amides is 1. The topological polar surface area (TPSA) is 156 Å². The first kappa shape index (κ1) is 37.6. The zero-order chi connectivity index (χ0) is 37.6. The number of phenols is 1. The van der Waals surface area contributed by atoms with Crippen LogP contribution in [0.3, 0.4) is 0 Å². The molecule has 52 heavy (non-hydrogen) atoms. The van der Waals surface area contributed by atoms with E-state index < -0.39 is 17.0 Å². The quantitative estimate of drug-likeness (QED) is 0.191. The van der Waals surface area contributed by atoms with Gasteiger partial charge in [0.25, 0.3) is 5.91 Å². The third-order valence-electron chi connectivity index (χ3n) is 8.26. The Labute approximate surface area is 301 Å². The Morgan fingerprint density at radius 2 is 1.48 bits per heavy atom. The first-order valence-corrected chi connectivity index (χ1v) is 16.6. The summed E-state index contributed by atoms with van der Waals surface area (Å²) in [7, 11) is 6.18. The maximum Gasteiger partial charge on any atom is 0.344 e. The fourth-order valence-electron chi connectivity index (χ4n) is 5.84. The second kappa shape index (κ2) is 16.1. The maximum absolute atomic E-state index is 13.1. The summed E-state index contributed by atoms with van der Waals surface area (Å²) in [6.45, 7) is 7.46. The number of carbonyl (C=O) groups excluding carboxylic acids is 2. The molecular formula is C38H44N2O12. The molecule has 0 radical (unpaired) electrons. The number of fused-ring (bicyclic) bond motifs is 1. The van der Waals surface area contributed by atoms with Crippen molar-refractivity contribution >= 4 is 22.8 Å². The van der Waals surface area contributed by atoms with Gasteiger partial charge in [0.1, 0.15) is 33.8 Å². The number of phenolic OH excluding ortho intramolecular Hbond substituents is 1. The zero-order valence-electron chi connectivity index (χ0n) is 30.4. The summed E-state index contributed by atoms with van der Waals surface area (Å²) in [5.41, 5.74) is 0.266. The highest BCUT2D eigenvalue weighted by molar-refractivity contribution is 5.86. The van der Waals surface area contributed by atoms with Gasteiger partial charge in [0.05, 0.1) is 28.4 Å². The second-order valence-electron chi connectivity index (χ2n) is 13.0. The van der Waals surface area contributed by atoms with Gasteiger partial charge in [-0.25, -0.2) is 4.79 Å². The number of esters is 1. The Morgan fingerprint density at radius 1 is 0.788 bits per heavy atom. The summed E-state index contributed by atoms with van der Waals surface area (Å²) in [5, 5.41) is 10.7. The van der Waals surface area contributed by atoms with Crippen molar-refractivity contribution in [1.82, 2.24) is 9.80 Å². The predicted molar refractivity (Wildman–Crippen MR) is 191 cm³/mol. The van der Waals surface area contributed by atoms with Gasteiger partial charge in [-0.1, -0.05) is 6.07 Å². The highest BCUT2D eigenvalue weighted by atomic mass is 16.6. The van der Waals surface area contributed by atoms with Crippen LogP contribution in [0, 0.1) is 0 Å². The molecule has 0 bridgehead atoms. The predicted octanol–water partition coefficient (Wildman–Crippen LogP) is 4.64. The van der Waals surface area contributed by atoms with Crippen molar-refractivity contribution < 1.29 is 52.3 Å². The summed E-state index contributed by atoms with van der Waals surface area (Å²) in [6, 6.07) is 12.6. The molecular weight excluding hydrogens is 676 g/mol. The van der Waals surface area contributed by atoms with Crippen molar-refractivity contribution in [2.24, 2.45) is 0 Å². The van der Waals surface area contributed by atoms with Crippen molar-refractivity contribution in [3.63, 3.8) is 0 Å². The Bertz CT molecular complexity index is 1980. The van der Waals surface area contributed by atoms with Crippen molar-refractivity contribution in [3.8, 4) is 51.6 Å². The molecule has 1 saturated heterocycles. The molecule has 0 spiro atoms. The number of hydrogen-bond donors (Lipinski definition) is 1. The van der Waals surface area contributed by atoms with E-state index in [9.17, 15) is 19.5 Å². The average Bonchev–Trinajstić information content (AvgIpc) is 3.11. The SMILES string of the molecule is COc1ccc(-c2cc(=O)c3c(O)cc(OCC(=O)N4CCN(Cc5ccc(OC)c(OC)c5OC)CC4)cc3o2)cc1OCC(=O)OC(C)(C)C. The van der Waals surface area contributed by atoms with Gasteiger partial charge >= 0.3 is 5.97 Å². The molecule has 14 heteroatoms. The van der Waals surface area contributed by atoms with Crippen LogP contribution >= 0.6 is 0 Å². The van der Waals surface area contributed by atoms with Gasteiger partial charge in [0, 0.05) is 62.0 Å². The van der Waals surface area contributed by atoms with Crippen molar-refractivity contribution in [2.75, 3.05) is 67.8 Å². The molecule has 1 aliphatic rings. The van der Waals surface area contributed by atoms with Crippen molar-refractivity contribution in [2.45, 2.75) is 32.9 Å². The molecule has 3 aromatic carbocycles. The van der Waals surface area contributed by atoms with Crippen LogP contribution in [0.2, 0.25) is 0 Å². The molecule has 0 saturated carbocycles. The molecule has 14 nitrogen and oxygen atoms in total. The number of methoxy groups -OCH3 is 4. The molecule has 1 aromatic heterocycles. The van der Waals surface area contributed by atoms with Crippen LogP contribution in [-0.4, -0.2) is 100 Å². The number of rotatable bonds is 13. The molecule has 4 aromatic rings. The molecule has 0 aliphatic carbocycles. The maximum atomic E-state index is 13.1. The van der Waals surface area contributed by atoms with E-state index in [1.807, 2.05) is 12.1 Å². The summed E-state index contributed by atoms with van der Waals surface area (Å²) in [6.07, 6.45) is 0. The van der Waals surface area contributed by atoms with E-state index in [1.54, 1.807) is 65.2 Å². The smallest absolute Gasteiger partial charge is 0.344 e. The fraction of sp³-hybridized carbons (Fsp3) is 0.395. The standard InChI is InChI=1S/C38H44N2O12/c1-38(2,3)52-34(44)22-50-31-16-23(8-10-28(31)45-4)30-19-27(42)35-26(41)17-25(18-32(35)51-30)49-21-33(43)40-14-12-39(13-15-40)20-24-9-11-29(46-5)37(48-7)36(24)47-6/h8-11,16-19,41H,12-15,20-22H2,1-7H3. The number of ether oxygens (including phenoxy) is 7. The monoisotopic (exact) mass is 720 g/mol. The third kappa shape index (κ3) is 8.80. The van der Waals surface area contributed by atoms with E-state index in [0.717, 1.165) is 5.56 Å². The van der Waals surface area contributed by atoms with Crippen LogP contribution in [0.5, 0.6) is 40.2 Å². The van der Waals surface area contributed by atoms with Crippen LogP contribution in [-0.2, 0) is 20.9 Å². The minimum absolute atomic E-state index is 0.0421. The van der Waals surface area contributed by atoms with E-state index in [0.29, 0.717) is 61.3 Å². The van der Waals surface area contributed by atoms with Gasteiger partial charge in [0.15, 0.2) is 41.6 Å². The lowest BCUT2D eigenvalue weighted by molar-refractivity contribution is -0.157. The normalized spacial score (nSPS) is 13.4. The largest absolute Gasteiger partial charge is 0.507 e. The molecule has 1 aliphatic heterocycles.